The Balaban J connectivity index is 2.73. The largest absolute Gasteiger partial charge is 0.375 e. The highest BCUT2D eigenvalue weighted by Gasteiger charge is 2.00. The molecule has 0 bridgehead atoms. The van der Waals surface area contributed by atoms with Crippen LogP contribution in [-0.2, 0) is 6.42 Å². The van der Waals surface area contributed by atoms with Gasteiger partial charge in [0, 0.05) is 0 Å². The Labute approximate surface area is 108 Å². The zero-order valence-electron chi connectivity index (χ0n) is 10.5. The van der Waals surface area contributed by atoms with E-state index in [1.165, 1.54) is 5.56 Å². The molecule has 0 heterocycles. The Morgan fingerprint density at radius 2 is 1.94 bits per heavy atom. The number of nitrogens with two attached hydrogens (primary N) is 1. The lowest BCUT2D eigenvalue weighted by Crippen LogP contribution is -2.25. The van der Waals surface area contributed by atoms with E-state index in [9.17, 15) is 0 Å². The van der Waals surface area contributed by atoms with E-state index in [-0.39, 0.29) is 5.11 Å². The summed E-state index contributed by atoms with van der Waals surface area (Å²) < 4.78 is 0. The first-order valence-corrected chi connectivity index (χ1v) is 6.09. The van der Waals surface area contributed by atoms with Gasteiger partial charge in [-0.2, -0.15) is 5.10 Å². The second-order valence-corrected chi connectivity index (χ2v) is 4.91. The van der Waals surface area contributed by atoms with Gasteiger partial charge in [0.25, 0.3) is 0 Å². The molecule has 3 N–H and O–H groups in total. The molecule has 17 heavy (non-hydrogen) atoms. The molecule has 3 nitrogen and oxygen atoms in total. The van der Waals surface area contributed by atoms with Gasteiger partial charge in [0.2, 0.25) is 0 Å². The second-order valence-electron chi connectivity index (χ2n) is 4.47. The molecule has 0 aromatic heterocycles. The fourth-order valence-corrected chi connectivity index (χ4v) is 1.60. The number of thiocarbonyl (C=S) groups is 1. The highest BCUT2D eigenvalue weighted by Crippen LogP contribution is 2.10. The molecule has 0 radical (unpaired) electrons. The Kier molecular flexibility index (Phi) is 5.10. The molecule has 0 aliphatic carbocycles. The van der Waals surface area contributed by atoms with E-state index in [0.29, 0.717) is 5.92 Å². The highest BCUT2D eigenvalue weighted by atomic mass is 32.1. The van der Waals surface area contributed by atoms with Crippen molar-refractivity contribution in [3.8, 4) is 0 Å². The number of hydrogen-bond acceptors (Lipinski definition) is 2. The van der Waals surface area contributed by atoms with Crippen LogP contribution in [-0.4, -0.2) is 10.8 Å². The number of benzene rings is 1. The maximum Gasteiger partial charge on any atom is 0.184 e. The van der Waals surface area contributed by atoms with Crippen LogP contribution in [0.5, 0.6) is 0 Å². The highest BCUT2D eigenvalue weighted by molar-refractivity contribution is 7.80. The summed E-state index contributed by atoms with van der Waals surface area (Å²) in [5, 5.41) is 4.27. The maximum atomic E-state index is 5.31. The van der Waals surface area contributed by atoms with E-state index in [4.69, 9.17) is 18.0 Å². The average molecular weight is 249 g/mol. The van der Waals surface area contributed by atoms with Crippen molar-refractivity contribution in [2.24, 2.45) is 16.8 Å². The summed E-state index contributed by atoms with van der Waals surface area (Å²) in [6.45, 7) is 6.35. The summed E-state index contributed by atoms with van der Waals surface area (Å²) in [4.78, 5) is 0. The van der Waals surface area contributed by atoms with Gasteiger partial charge in [0.05, 0.1) is 5.71 Å². The van der Waals surface area contributed by atoms with Crippen LogP contribution >= 0.6 is 12.2 Å². The minimum atomic E-state index is 0.181. The topological polar surface area (TPSA) is 50.4 Å². The van der Waals surface area contributed by atoms with E-state index in [1.807, 2.05) is 6.92 Å². The summed E-state index contributed by atoms with van der Waals surface area (Å²) in [6, 6.07) is 8.40. The van der Waals surface area contributed by atoms with Gasteiger partial charge in [0.15, 0.2) is 5.11 Å². The van der Waals surface area contributed by atoms with Crippen LogP contribution in [0.25, 0.3) is 0 Å². The molecular weight excluding hydrogens is 230 g/mol. The first-order chi connectivity index (χ1) is 7.99. The van der Waals surface area contributed by atoms with Crippen molar-refractivity contribution in [2.75, 3.05) is 0 Å². The van der Waals surface area contributed by atoms with Crippen LogP contribution in [0.15, 0.2) is 29.4 Å². The number of nitrogens with one attached hydrogen (secondary N) is 1. The number of nitrogens with zero attached hydrogens (tertiary/aromatic N) is 1. The fourth-order valence-electron chi connectivity index (χ4n) is 1.56. The van der Waals surface area contributed by atoms with E-state index >= 15 is 0 Å². The van der Waals surface area contributed by atoms with E-state index in [2.05, 4.69) is 48.6 Å². The fraction of sp³-hybridized carbons (Fsp3) is 0.385. The van der Waals surface area contributed by atoms with Gasteiger partial charge in [-0.3, -0.25) is 5.43 Å². The predicted octanol–water partition coefficient (Wildman–Crippen LogP) is 2.44. The molecule has 1 rings (SSSR count). The average Bonchev–Trinajstić information content (AvgIpc) is 2.26. The summed E-state index contributed by atoms with van der Waals surface area (Å²) in [5.41, 5.74) is 11.2. The number of hydrogen-bond donors (Lipinski definition) is 2. The van der Waals surface area contributed by atoms with Crippen LogP contribution in [0.1, 0.15) is 31.9 Å². The van der Waals surface area contributed by atoms with Crippen molar-refractivity contribution in [3.05, 3.63) is 35.4 Å². The van der Waals surface area contributed by atoms with Gasteiger partial charge in [-0.25, -0.2) is 0 Å². The van der Waals surface area contributed by atoms with Crippen LogP contribution in [0.4, 0.5) is 0 Å². The van der Waals surface area contributed by atoms with E-state index < -0.39 is 0 Å². The lowest BCUT2D eigenvalue weighted by atomic mass is 10.0. The third kappa shape index (κ3) is 4.95. The lowest BCUT2D eigenvalue weighted by Gasteiger charge is -2.06. The van der Waals surface area contributed by atoms with E-state index in [1.54, 1.807) is 0 Å². The lowest BCUT2D eigenvalue weighted by molar-refractivity contribution is 0.647. The Hall–Kier alpha value is -1.42. The Morgan fingerprint density at radius 3 is 2.41 bits per heavy atom. The summed E-state index contributed by atoms with van der Waals surface area (Å²) in [6.07, 6.45) is 1.10. The third-order valence-electron chi connectivity index (χ3n) is 2.35. The molecule has 0 unspecified atom stereocenters. The molecule has 0 saturated heterocycles. The molecule has 0 aliphatic rings. The molecule has 0 fully saturated rings. The smallest absolute Gasteiger partial charge is 0.184 e. The van der Waals surface area contributed by atoms with Crippen molar-refractivity contribution in [2.45, 2.75) is 27.2 Å². The van der Waals surface area contributed by atoms with Gasteiger partial charge >= 0.3 is 0 Å². The van der Waals surface area contributed by atoms with Crippen molar-refractivity contribution < 1.29 is 0 Å². The molecule has 1 aromatic rings. The quantitative estimate of drug-likeness (QED) is 0.489. The van der Waals surface area contributed by atoms with Crippen molar-refractivity contribution >= 4 is 23.0 Å². The van der Waals surface area contributed by atoms with Gasteiger partial charge in [-0.15, -0.1) is 0 Å². The maximum absolute atomic E-state index is 5.31. The zero-order chi connectivity index (χ0) is 12.8. The monoisotopic (exact) mass is 249 g/mol. The van der Waals surface area contributed by atoms with Crippen LogP contribution < -0.4 is 11.2 Å². The minimum absolute atomic E-state index is 0.181. The van der Waals surface area contributed by atoms with Crippen molar-refractivity contribution in [1.29, 1.82) is 0 Å². The Morgan fingerprint density at radius 1 is 1.35 bits per heavy atom. The molecule has 0 atom stereocenters. The molecule has 0 spiro atoms. The molecule has 1 aromatic carbocycles. The van der Waals surface area contributed by atoms with Gasteiger partial charge in [-0.05, 0) is 42.6 Å². The van der Waals surface area contributed by atoms with E-state index in [0.717, 1.165) is 17.7 Å². The summed E-state index contributed by atoms with van der Waals surface area (Å²) in [7, 11) is 0. The third-order valence-corrected chi connectivity index (χ3v) is 2.44. The summed E-state index contributed by atoms with van der Waals surface area (Å²) in [5.74, 6) is 0.673. The first kappa shape index (κ1) is 13.6. The normalized spacial score (nSPS) is 11.6. The number of hydrazone groups is 1. The van der Waals surface area contributed by atoms with Gasteiger partial charge in [0.1, 0.15) is 0 Å². The minimum Gasteiger partial charge on any atom is -0.375 e. The Bertz CT molecular complexity index is 407. The van der Waals surface area contributed by atoms with Gasteiger partial charge in [-0.1, -0.05) is 38.1 Å². The summed E-state index contributed by atoms with van der Waals surface area (Å²) >= 11 is 4.69. The van der Waals surface area contributed by atoms with Gasteiger partial charge < -0.3 is 5.73 Å². The molecule has 0 amide bonds. The van der Waals surface area contributed by atoms with Crippen molar-refractivity contribution in [1.82, 2.24) is 5.43 Å². The van der Waals surface area contributed by atoms with Crippen LogP contribution in [0, 0.1) is 5.92 Å². The number of rotatable bonds is 4. The molecule has 92 valence electrons. The van der Waals surface area contributed by atoms with Crippen LogP contribution in [0.3, 0.4) is 0 Å². The second kappa shape index (κ2) is 6.35. The molecule has 0 aliphatic heterocycles. The molecular formula is C13H19N3S. The first-order valence-electron chi connectivity index (χ1n) is 5.68. The zero-order valence-corrected chi connectivity index (χ0v) is 11.3. The van der Waals surface area contributed by atoms with Crippen molar-refractivity contribution in [3.63, 3.8) is 0 Å². The SMILES string of the molecule is CC(=NNC(N)=S)c1ccc(CC(C)C)cc1. The molecule has 0 saturated carbocycles. The molecule has 4 heteroatoms. The standard InChI is InChI=1S/C13H19N3S/c1-9(2)8-11-4-6-12(7-5-11)10(3)15-16-13(14)17/h4-7,9H,8H2,1-3H3,(H3,14,16,17). The predicted molar refractivity (Wildman–Crippen MR) is 77.1 cm³/mol. The van der Waals surface area contributed by atoms with Crippen LogP contribution in [0.2, 0.25) is 0 Å².